The molecule has 0 saturated heterocycles. The number of thiocarbonyl (C=S) groups is 1. The van der Waals surface area contributed by atoms with Crippen molar-refractivity contribution >= 4 is 33.9 Å². The van der Waals surface area contributed by atoms with E-state index in [0.29, 0.717) is 12.2 Å². The summed E-state index contributed by atoms with van der Waals surface area (Å²) in [4.78, 5) is 2.85. The summed E-state index contributed by atoms with van der Waals surface area (Å²) in [7, 11) is 0. The van der Waals surface area contributed by atoms with Gasteiger partial charge in [-0.15, -0.1) is 10.2 Å². The van der Waals surface area contributed by atoms with Gasteiger partial charge >= 0.3 is 0 Å². The second-order valence-electron chi connectivity index (χ2n) is 4.71. The zero-order valence-electron chi connectivity index (χ0n) is 11.7. The lowest BCUT2D eigenvalue weighted by Gasteiger charge is -2.02. The molecule has 0 radical (unpaired) electrons. The highest BCUT2D eigenvalue weighted by Crippen LogP contribution is 2.35. The summed E-state index contributed by atoms with van der Waals surface area (Å²) >= 11 is 5.13. The minimum atomic E-state index is -0.0178. The molecule has 5 nitrogen and oxygen atoms in total. The number of nitrogens with zero attached hydrogens (tertiary/aromatic N) is 2. The maximum atomic E-state index is 9.88. The summed E-state index contributed by atoms with van der Waals surface area (Å²) in [5.41, 5.74) is 2.30. The SMILES string of the molecule is Oc1[nH]c2ccccc2c1N=NC(=S)NCc1ccccc1. The van der Waals surface area contributed by atoms with Crippen LogP contribution in [0.3, 0.4) is 0 Å². The van der Waals surface area contributed by atoms with Gasteiger partial charge in [-0.05, 0) is 23.8 Å². The molecule has 0 unspecified atom stereocenters. The van der Waals surface area contributed by atoms with E-state index in [9.17, 15) is 5.11 Å². The molecule has 22 heavy (non-hydrogen) atoms. The molecule has 3 aromatic rings. The van der Waals surface area contributed by atoms with Gasteiger partial charge in [-0.25, -0.2) is 0 Å². The highest BCUT2D eigenvalue weighted by atomic mass is 32.1. The third kappa shape index (κ3) is 3.12. The van der Waals surface area contributed by atoms with Crippen LogP contribution in [0.5, 0.6) is 5.88 Å². The van der Waals surface area contributed by atoms with Crippen molar-refractivity contribution in [2.75, 3.05) is 0 Å². The Labute approximate surface area is 132 Å². The Morgan fingerprint density at radius 2 is 1.82 bits per heavy atom. The number of nitrogens with one attached hydrogen (secondary N) is 2. The van der Waals surface area contributed by atoms with Crippen LogP contribution in [0.2, 0.25) is 0 Å². The van der Waals surface area contributed by atoms with E-state index in [1.807, 2.05) is 54.6 Å². The van der Waals surface area contributed by atoms with Crippen LogP contribution in [-0.2, 0) is 6.54 Å². The fourth-order valence-electron chi connectivity index (χ4n) is 2.12. The number of aromatic nitrogens is 1. The van der Waals surface area contributed by atoms with Crippen LogP contribution < -0.4 is 5.32 Å². The van der Waals surface area contributed by atoms with Gasteiger partial charge in [0.15, 0.2) is 5.69 Å². The van der Waals surface area contributed by atoms with Crippen molar-refractivity contribution in [1.29, 1.82) is 0 Å². The zero-order chi connectivity index (χ0) is 15.4. The molecule has 0 aliphatic rings. The van der Waals surface area contributed by atoms with E-state index in [-0.39, 0.29) is 11.0 Å². The smallest absolute Gasteiger partial charge is 0.218 e. The Hall–Kier alpha value is -2.73. The molecule has 6 heteroatoms. The van der Waals surface area contributed by atoms with E-state index >= 15 is 0 Å². The first-order valence-electron chi connectivity index (χ1n) is 6.77. The first-order valence-corrected chi connectivity index (χ1v) is 7.18. The molecule has 0 aliphatic carbocycles. The Balaban J connectivity index is 1.70. The van der Waals surface area contributed by atoms with Gasteiger partial charge in [-0.2, -0.15) is 0 Å². The van der Waals surface area contributed by atoms with Crippen molar-refractivity contribution in [3.05, 3.63) is 60.2 Å². The van der Waals surface area contributed by atoms with Gasteiger partial charge in [-0.3, -0.25) is 0 Å². The van der Waals surface area contributed by atoms with Crippen LogP contribution in [-0.4, -0.2) is 15.2 Å². The number of aromatic hydroxyl groups is 1. The van der Waals surface area contributed by atoms with Gasteiger partial charge in [0.25, 0.3) is 0 Å². The number of H-pyrrole nitrogens is 1. The average Bonchev–Trinajstić information content (AvgIpc) is 2.87. The average molecular weight is 310 g/mol. The van der Waals surface area contributed by atoms with Crippen LogP contribution in [0.4, 0.5) is 5.69 Å². The highest BCUT2D eigenvalue weighted by molar-refractivity contribution is 7.80. The molecule has 0 bridgehead atoms. The van der Waals surface area contributed by atoms with E-state index < -0.39 is 0 Å². The lowest BCUT2D eigenvalue weighted by atomic mass is 10.2. The summed E-state index contributed by atoms with van der Waals surface area (Å²) in [5, 5.41) is 22.0. The molecule has 0 aliphatic heterocycles. The first kappa shape index (κ1) is 14.2. The van der Waals surface area contributed by atoms with Gasteiger partial charge in [0.05, 0.1) is 5.52 Å². The van der Waals surface area contributed by atoms with Gasteiger partial charge in [0.1, 0.15) is 0 Å². The van der Waals surface area contributed by atoms with Crippen molar-refractivity contribution in [3.8, 4) is 5.88 Å². The van der Waals surface area contributed by atoms with Crippen LogP contribution in [0.25, 0.3) is 10.9 Å². The normalized spacial score (nSPS) is 11.1. The van der Waals surface area contributed by atoms with Crippen molar-refractivity contribution in [2.45, 2.75) is 6.54 Å². The molecule has 0 atom stereocenters. The molecule has 1 aromatic heterocycles. The first-order chi connectivity index (χ1) is 10.7. The lowest BCUT2D eigenvalue weighted by Crippen LogP contribution is -2.18. The van der Waals surface area contributed by atoms with Crippen molar-refractivity contribution in [1.82, 2.24) is 10.3 Å². The predicted octanol–water partition coefficient (Wildman–Crippen LogP) is 4.03. The van der Waals surface area contributed by atoms with Gasteiger partial charge in [0.2, 0.25) is 11.0 Å². The number of hydrogen-bond acceptors (Lipinski definition) is 3. The molecular weight excluding hydrogens is 296 g/mol. The van der Waals surface area contributed by atoms with Crippen LogP contribution >= 0.6 is 12.2 Å². The molecule has 1 heterocycles. The van der Waals surface area contributed by atoms with Crippen molar-refractivity contribution in [3.63, 3.8) is 0 Å². The molecule has 3 N–H and O–H groups in total. The second-order valence-corrected chi connectivity index (χ2v) is 5.10. The Morgan fingerprint density at radius 3 is 2.64 bits per heavy atom. The van der Waals surface area contributed by atoms with Gasteiger partial charge in [-0.1, -0.05) is 48.5 Å². The topological polar surface area (TPSA) is 72.8 Å². The molecule has 0 fully saturated rings. The number of rotatable bonds is 3. The molecule has 2 aromatic carbocycles. The number of hydrogen-bond donors (Lipinski definition) is 3. The third-order valence-electron chi connectivity index (χ3n) is 3.19. The summed E-state index contributed by atoms with van der Waals surface area (Å²) < 4.78 is 0. The maximum Gasteiger partial charge on any atom is 0.218 e. The van der Waals surface area contributed by atoms with Crippen LogP contribution in [0.1, 0.15) is 5.56 Å². The largest absolute Gasteiger partial charge is 0.493 e. The summed E-state index contributed by atoms with van der Waals surface area (Å²) in [6.07, 6.45) is 0. The molecule has 0 amide bonds. The van der Waals surface area contributed by atoms with E-state index in [0.717, 1.165) is 16.5 Å². The predicted molar refractivity (Wildman–Crippen MR) is 90.4 cm³/mol. The van der Waals surface area contributed by atoms with E-state index in [2.05, 4.69) is 20.5 Å². The van der Waals surface area contributed by atoms with E-state index in [1.54, 1.807) is 0 Å². The second kappa shape index (κ2) is 6.36. The number of azo groups is 1. The number of benzene rings is 2. The van der Waals surface area contributed by atoms with Crippen LogP contribution in [0.15, 0.2) is 64.8 Å². The summed E-state index contributed by atoms with van der Waals surface area (Å²) in [6.45, 7) is 0.582. The maximum absolute atomic E-state index is 9.88. The summed E-state index contributed by atoms with van der Waals surface area (Å²) in [6, 6.07) is 17.4. The van der Waals surface area contributed by atoms with Crippen molar-refractivity contribution < 1.29 is 5.11 Å². The number of para-hydroxylation sites is 1. The monoisotopic (exact) mass is 310 g/mol. The Morgan fingerprint density at radius 1 is 1.09 bits per heavy atom. The van der Waals surface area contributed by atoms with E-state index in [1.165, 1.54) is 0 Å². The highest BCUT2D eigenvalue weighted by Gasteiger charge is 2.09. The minimum Gasteiger partial charge on any atom is -0.493 e. The fourth-order valence-corrected chi connectivity index (χ4v) is 2.23. The third-order valence-corrected chi connectivity index (χ3v) is 3.41. The van der Waals surface area contributed by atoms with E-state index in [4.69, 9.17) is 12.2 Å². The molecule has 0 saturated carbocycles. The van der Waals surface area contributed by atoms with Gasteiger partial charge in [0, 0.05) is 11.9 Å². The summed E-state index contributed by atoms with van der Waals surface area (Å²) in [5.74, 6) is -0.0178. The number of fused-ring (bicyclic) bond motifs is 1. The Kier molecular flexibility index (Phi) is 4.11. The molecule has 3 rings (SSSR count). The van der Waals surface area contributed by atoms with Crippen molar-refractivity contribution in [2.24, 2.45) is 10.2 Å². The van der Waals surface area contributed by atoms with Crippen LogP contribution in [0, 0.1) is 0 Å². The molecule has 0 spiro atoms. The minimum absolute atomic E-state index is 0.0178. The zero-order valence-corrected chi connectivity index (χ0v) is 12.5. The quantitative estimate of drug-likeness (QED) is 0.505. The Bertz CT molecular complexity index is 827. The molecule has 110 valence electrons. The van der Waals surface area contributed by atoms with Gasteiger partial charge < -0.3 is 15.4 Å². The number of aromatic amines is 1. The molecular formula is C16H14N4OS. The standard InChI is InChI=1S/C16H14N4OS/c21-15-14(12-8-4-5-9-13(12)18-15)19-20-16(22)17-10-11-6-2-1-3-7-11/h1-9,18,21H,10H2,(H,17,22). The fraction of sp³-hybridized carbons (Fsp3) is 0.0625. The lowest BCUT2D eigenvalue weighted by molar-refractivity contribution is 0.459.